The van der Waals surface area contributed by atoms with Crippen LogP contribution in [-0.2, 0) is 19.9 Å². The van der Waals surface area contributed by atoms with Crippen LogP contribution >= 0.6 is 0 Å². The zero-order chi connectivity index (χ0) is 15.5. The van der Waals surface area contributed by atoms with Crippen LogP contribution in [0.15, 0.2) is 24.3 Å². The van der Waals surface area contributed by atoms with Crippen molar-refractivity contribution in [3.63, 3.8) is 0 Å². The van der Waals surface area contributed by atoms with Gasteiger partial charge in [-0.05, 0) is 30.7 Å². The van der Waals surface area contributed by atoms with Crippen molar-refractivity contribution in [3.8, 4) is 5.75 Å². The third kappa shape index (κ3) is 4.58. The molecule has 0 aliphatic carbocycles. The molecule has 1 fully saturated rings. The van der Waals surface area contributed by atoms with E-state index in [4.69, 9.17) is 10.5 Å². The molecule has 118 valence electrons. The summed E-state index contributed by atoms with van der Waals surface area (Å²) in [5, 5.41) is -0.862. The molecule has 2 rings (SSSR count). The van der Waals surface area contributed by atoms with E-state index in [2.05, 4.69) is 4.72 Å². The first-order chi connectivity index (χ1) is 9.78. The molecule has 1 aliphatic heterocycles. The molecule has 0 bridgehead atoms. The molecule has 0 saturated carbocycles. The number of nitrogens with one attached hydrogen (secondary N) is 1. The Kier molecular flexibility index (Phi) is 4.74. The average Bonchev–Trinajstić information content (AvgIpc) is 2.78. The zero-order valence-corrected chi connectivity index (χ0v) is 13.0. The number of hydrogen-bond donors (Lipinski definition) is 2. The molecular formula is C12H18N2O5S2. The molecule has 0 amide bonds. The van der Waals surface area contributed by atoms with Crippen molar-refractivity contribution < 1.29 is 21.6 Å². The van der Waals surface area contributed by atoms with E-state index in [0.717, 1.165) is 0 Å². The van der Waals surface area contributed by atoms with E-state index in [0.29, 0.717) is 11.4 Å². The minimum Gasteiger partial charge on any atom is -0.492 e. The number of nitrogen functional groups attached to an aromatic ring is 1. The van der Waals surface area contributed by atoms with Crippen molar-refractivity contribution in [1.29, 1.82) is 0 Å². The second kappa shape index (κ2) is 6.20. The molecule has 3 N–H and O–H groups in total. The first-order valence-corrected chi connectivity index (χ1v) is 9.82. The molecule has 1 aromatic carbocycles. The highest BCUT2D eigenvalue weighted by Gasteiger charge is 2.36. The highest BCUT2D eigenvalue weighted by Crippen LogP contribution is 2.18. The van der Waals surface area contributed by atoms with Gasteiger partial charge in [-0.3, -0.25) is 0 Å². The monoisotopic (exact) mass is 334 g/mol. The minimum absolute atomic E-state index is 0.0689. The van der Waals surface area contributed by atoms with Gasteiger partial charge in [0.05, 0.1) is 16.8 Å². The van der Waals surface area contributed by atoms with Gasteiger partial charge in [0.1, 0.15) is 12.4 Å². The lowest BCUT2D eigenvalue weighted by Crippen LogP contribution is -2.37. The van der Waals surface area contributed by atoms with Crippen molar-refractivity contribution in [2.75, 3.05) is 30.4 Å². The number of rotatable bonds is 6. The number of anilines is 1. The fraction of sp³-hybridized carbons (Fsp3) is 0.500. The fourth-order valence-electron chi connectivity index (χ4n) is 2.04. The summed E-state index contributed by atoms with van der Waals surface area (Å²) in [6, 6.07) is 6.74. The van der Waals surface area contributed by atoms with Gasteiger partial charge in [-0.25, -0.2) is 21.6 Å². The summed E-state index contributed by atoms with van der Waals surface area (Å²) < 4.78 is 54.2. The molecule has 9 heteroatoms. The Morgan fingerprint density at radius 1 is 1.29 bits per heavy atom. The quantitative estimate of drug-likeness (QED) is 0.548. The maximum Gasteiger partial charge on any atom is 0.215 e. The van der Waals surface area contributed by atoms with Gasteiger partial charge in [0.15, 0.2) is 9.84 Å². The van der Waals surface area contributed by atoms with Crippen LogP contribution in [-0.4, -0.2) is 46.7 Å². The van der Waals surface area contributed by atoms with Gasteiger partial charge in [0.2, 0.25) is 10.0 Å². The Balaban J connectivity index is 1.79. The summed E-state index contributed by atoms with van der Waals surface area (Å²) in [5.41, 5.74) is 6.15. The van der Waals surface area contributed by atoms with Crippen LogP contribution in [0.25, 0.3) is 0 Å². The minimum atomic E-state index is -3.62. The summed E-state index contributed by atoms with van der Waals surface area (Å²) in [6.07, 6.45) is 0.149. The molecule has 1 atom stereocenters. The SMILES string of the molecule is Nc1ccc(OCCNS(=O)(=O)C2CCS(=O)(=O)C2)cc1. The second-order valence-corrected chi connectivity index (χ2v) is 9.16. The third-order valence-corrected chi connectivity index (χ3v) is 7.05. The highest BCUT2D eigenvalue weighted by molar-refractivity contribution is 7.95. The van der Waals surface area contributed by atoms with E-state index in [9.17, 15) is 16.8 Å². The first kappa shape index (κ1) is 16.1. The number of nitrogens with two attached hydrogens (primary N) is 1. The third-order valence-electron chi connectivity index (χ3n) is 3.18. The van der Waals surface area contributed by atoms with Crippen LogP contribution in [0.5, 0.6) is 5.75 Å². The van der Waals surface area contributed by atoms with Gasteiger partial charge >= 0.3 is 0 Å². The lowest BCUT2D eigenvalue weighted by Gasteiger charge is -2.12. The van der Waals surface area contributed by atoms with Crippen LogP contribution < -0.4 is 15.2 Å². The summed E-state index contributed by atoms with van der Waals surface area (Å²) >= 11 is 0. The van der Waals surface area contributed by atoms with E-state index in [1.54, 1.807) is 24.3 Å². The van der Waals surface area contributed by atoms with Crippen LogP contribution in [0, 0.1) is 0 Å². The number of sulfonamides is 1. The lowest BCUT2D eigenvalue weighted by molar-refractivity contribution is 0.322. The summed E-state index contributed by atoms with van der Waals surface area (Å²) in [5.74, 6) is 0.216. The number of benzene rings is 1. The van der Waals surface area contributed by atoms with E-state index in [1.807, 2.05) is 0 Å². The van der Waals surface area contributed by atoms with Crippen molar-refractivity contribution in [3.05, 3.63) is 24.3 Å². The molecule has 0 radical (unpaired) electrons. The van der Waals surface area contributed by atoms with Crippen LogP contribution in [0.4, 0.5) is 5.69 Å². The van der Waals surface area contributed by atoms with E-state index in [1.165, 1.54) is 0 Å². The largest absolute Gasteiger partial charge is 0.492 e. The molecule has 7 nitrogen and oxygen atoms in total. The topological polar surface area (TPSA) is 116 Å². The predicted octanol–water partition coefficient (Wildman–Crippen LogP) is -0.246. The summed E-state index contributed by atoms with van der Waals surface area (Å²) in [7, 11) is -6.84. The standard InChI is InChI=1S/C12H18N2O5S2/c13-10-1-3-11(4-2-10)19-7-6-14-21(17,18)12-5-8-20(15,16)9-12/h1-4,12,14H,5-9,13H2. The zero-order valence-electron chi connectivity index (χ0n) is 11.4. The molecule has 1 unspecified atom stereocenters. The molecule has 0 aromatic heterocycles. The summed E-state index contributed by atoms with van der Waals surface area (Å²) in [6.45, 7) is 0.242. The van der Waals surface area contributed by atoms with Crippen molar-refractivity contribution in [2.24, 2.45) is 0 Å². The average molecular weight is 334 g/mol. The Bertz CT molecular complexity index is 683. The first-order valence-electron chi connectivity index (χ1n) is 6.46. The summed E-state index contributed by atoms with van der Waals surface area (Å²) in [4.78, 5) is 0. The van der Waals surface area contributed by atoms with Gasteiger partial charge in [-0.2, -0.15) is 0 Å². The number of ether oxygens (including phenoxy) is 1. The van der Waals surface area contributed by atoms with Gasteiger partial charge in [-0.1, -0.05) is 0 Å². The molecule has 21 heavy (non-hydrogen) atoms. The Morgan fingerprint density at radius 2 is 1.95 bits per heavy atom. The smallest absolute Gasteiger partial charge is 0.215 e. The van der Waals surface area contributed by atoms with E-state index < -0.39 is 25.1 Å². The Morgan fingerprint density at radius 3 is 2.52 bits per heavy atom. The van der Waals surface area contributed by atoms with Crippen LogP contribution in [0.3, 0.4) is 0 Å². The maximum absolute atomic E-state index is 11.9. The Hall–Kier alpha value is -1.32. The predicted molar refractivity (Wildman–Crippen MR) is 80.3 cm³/mol. The van der Waals surface area contributed by atoms with Crippen LogP contribution in [0.1, 0.15) is 6.42 Å². The van der Waals surface area contributed by atoms with Crippen molar-refractivity contribution in [2.45, 2.75) is 11.7 Å². The molecule has 1 aromatic rings. The molecule has 1 aliphatic rings. The van der Waals surface area contributed by atoms with Gasteiger partial charge in [0, 0.05) is 12.2 Å². The molecular weight excluding hydrogens is 316 g/mol. The number of hydrogen-bond acceptors (Lipinski definition) is 6. The molecule has 0 spiro atoms. The van der Waals surface area contributed by atoms with Gasteiger partial charge in [0.25, 0.3) is 0 Å². The normalized spacial score (nSPS) is 21.2. The van der Waals surface area contributed by atoms with Gasteiger partial charge in [-0.15, -0.1) is 0 Å². The van der Waals surface area contributed by atoms with Crippen molar-refractivity contribution in [1.82, 2.24) is 4.72 Å². The van der Waals surface area contributed by atoms with E-state index in [-0.39, 0.29) is 31.1 Å². The van der Waals surface area contributed by atoms with Gasteiger partial charge < -0.3 is 10.5 Å². The van der Waals surface area contributed by atoms with Crippen LogP contribution in [0.2, 0.25) is 0 Å². The van der Waals surface area contributed by atoms with E-state index >= 15 is 0 Å². The second-order valence-electron chi connectivity index (χ2n) is 4.88. The molecule has 1 saturated heterocycles. The Labute approximate surface area is 124 Å². The lowest BCUT2D eigenvalue weighted by atomic mass is 10.3. The fourth-order valence-corrected chi connectivity index (χ4v) is 6.10. The van der Waals surface area contributed by atoms with Crippen molar-refractivity contribution >= 4 is 25.5 Å². The maximum atomic E-state index is 11.9. The number of sulfone groups is 1. The molecule has 1 heterocycles. The highest BCUT2D eigenvalue weighted by atomic mass is 32.2.